The van der Waals surface area contributed by atoms with Crippen molar-refractivity contribution in [2.24, 2.45) is 0 Å². The summed E-state index contributed by atoms with van der Waals surface area (Å²) in [6.45, 7) is 4.55. The number of unbranched alkanes of at least 4 members (excludes halogenated alkanes) is 24. The van der Waals surface area contributed by atoms with E-state index in [1.807, 2.05) is 0 Å². The van der Waals surface area contributed by atoms with Gasteiger partial charge in [0.15, 0.2) is 0 Å². The van der Waals surface area contributed by atoms with E-state index in [1.54, 1.807) is 0 Å². The van der Waals surface area contributed by atoms with Crippen molar-refractivity contribution in [3.63, 3.8) is 0 Å². The van der Waals surface area contributed by atoms with Crippen LogP contribution in [0.4, 0.5) is 0 Å². The van der Waals surface area contributed by atoms with Crippen molar-refractivity contribution in [2.75, 3.05) is 0 Å². The molecule has 0 rings (SSSR count). The van der Waals surface area contributed by atoms with Gasteiger partial charge in [-0.3, -0.25) is 9.59 Å². The fraction of sp³-hybridized carbons (Fsp3) is 0.939. The summed E-state index contributed by atoms with van der Waals surface area (Å²) >= 11 is 0. The molecule has 208 valence electrons. The van der Waals surface area contributed by atoms with Crippen LogP contribution in [0.25, 0.3) is 0 Å². The highest BCUT2D eigenvalue weighted by Gasteiger charge is 2.09. The average molecular weight is 493 g/mol. The van der Waals surface area contributed by atoms with Gasteiger partial charge in [-0.1, -0.05) is 168 Å². The van der Waals surface area contributed by atoms with E-state index in [-0.39, 0.29) is 18.0 Å². The highest BCUT2D eigenvalue weighted by Crippen LogP contribution is 2.15. The summed E-state index contributed by atoms with van der Waals surface area (Å²) in [6, 6.07) is 0. The molecule has 0 aliphatic rings. The third-order valence-electron chi connectivity index (χ3n) is 7.51. The van der Waals surface area contributed by atoms with E-state index < -0.39 is 0 Å². The highest BCUT2D eigenvalue weighted by molar-refractivity contribution is 5.98. The average Bonchev–Trinajstić information content (AvgIpc) is 2.85. The minimum absolute atomic E-state index is 0.174. The third-order valence-corrected chi connectivity index (χ3v) is 7.51. The molecule has 0 spiro atoms. The summed E-state index contributed by atoms with van der Waals surface area (Å²) in [4.78, 5) is 24.1. The number of hydrogen-bond acceptors (Lipinski definition) is 2. The zero-order chi connectivity index (χ0) is 25.7. The second kappa shape index (κ2) is 29.6. The van der Waals surface area contributed by atoms with Crippen molar-refractivity contribution < 1.29 is 9.59 Å². The predicted molar refractivity (Wildman–Crippen MR) is 155 cm³/mol. The van der Waals surface area contributed by atoms with Crippen LogP contribution in [0, 0.1) is 0 Å². The smallest absolute Gasteiger partial charge is 0.140 e. The first-order chi connectivity index (χ1) is 17.2. The Balaban J connectivity index is 3.29. The molecule has 35 heavy (non-hydrogen) atoms. The lowest BCUT2D eigenvalue weighted by molar-refractivity contribution is -0.127. The molecule has 0 amide bonds. The molecule has 0 atom stereocenters. The van der Waals surface area contributed by atoms with Crippen LogP contribution in [0.5, 0.6) is 0 Å². The number of carbonyl (C=O) groups excluding carboxylic acids is 2. The van der Waals surface area contributed by atoms with Gasteiger partial charge >= 0.3 is 0 Å². The van der Waals surface area contributed by atoms with Gasteiger partial charge in [0.25, 0.3) is 0 Å². The molecule has 0 aromatic carbocycles. The van der Waals surface area contributed by atoms with Crippen molar-refractivity contribution in [3.8, 4) is 0 Å². The largest absolute Gasteiger partial charge is 0.299 e. The van der Waals surface area contributed by atoms with Crippen molar-refractivity contribution in [1.82, 2.24) is 0 Å². The molecule has 0 aromatic heterocycles. The molecule has 0 aliphatic heterocycles. The standard InChI is InChI=1S/C33H64O2/c1-3-5-7-9-11-13-15-17-19-21-23-25-27-29-32(34)31-33(35)30-28-26-24-22-20-18-16-14-12-10-8-6-4-2/h3-31H2,1-2H3. The SMILES string of the molecule is CCCCCCCCCCCCCCCC(=O)CC(=O)CCCCCCCCCCCCCCC. The van der Waals surface area contributed by atoms with Crippen LogP contribution < -0.4 is 0 Å². The highest BCUT2D eigenvalue weighted by atomic mass is 16.1. The minimum Gasteiger partial charge on any atom is -0.299 e. The second-order valence-corrected chi connectivity index (χ2v) is 11.2. The van der Waals surface area contributed by atoms with E-state index in [2.05, 4.69) is 13.8 Å². The van der Waals surface area contributed by atoms with Gasteiger partial charge in [-0.2, -0.15) is 0 Å². The van der Waals surface area contributed by atoms with Gasteiger partial charge in [-0.25, -0.2) is 0 Å². The van der Waals surface area contributed by atoms with E-state index in [9.17, 15) is 9.59 Å². The Morgan fingerprint density at radius 2 is 0.514 bits per heavy atom. The number of Topliss-reactive ketones (excluding diaryl/α,β-unsaturated/α-hetero) is 2. The molecule has 0 saturated heterocycles. The van der Waals surface area contributed by atoms with Crippen LogP contribution in [-0.2, 0) is 9.59 Å². The third kappa shape index (κ3) is 29.5. The molecular formula is C33H64O2. The van der Waals surface area contributed by atoms with Crippen LogP contribution in [0.3, 0.4) is 0 Å². The molecule has 2 heteroatoms. The van der Waals surface area contributed by atoms with Gasteiger partial charge in [-0.15, -0.1) is 0 Å². The summed E-state index contributed by atoms with van der Waals surface area (Å²) < 4.78 is 0. The number of hydrogen-bond donors (Lipinski definition) is 0. The Morgan fingerprint density at radius 3 is 0.743 bits per heavy atom. The lowest BCUT2D eigenvalue weighted by Crippen LogP contribution is -2.07. The maximum absolute atomic E-state index is 12.1. The molecule has 0 radical (unpaired) electrons. The normalized spacial score (nSPS) is 11.3. The van der Waals surface area contributed by atoms with Crippen molar-refractivity contribution in [1.29, 1.82) is 0 Å². The van der Waals surface area contributed by atoms with Crippen molar-refractivity contribution >= 4 is 11.6 Å². The van der Waals surface area contributed by atoms with E-state index in [0.717, 1.165) is 25.7 Å². The molecule has 0 N–H and O–H groups in total. The van der Waals surface area contributed by atoms with Gasteiger partial charge in [0.05, 0.1) is 6.42 Å². The van der Waals surface area contributed by atoms with Crippen LogP contribution in [0.15, 0.2) is 0 Å². The maximum Gasteiger partial charge on any atom is 0.140 e. The molecule has 0 aliphatic carbocycles. The summed E-state index contributed by atoms with van der Waals surface area (Å²) in [5.74, 6) is 0.348. The molecular weight excluding hydrogens is 428 g/mol. The predicted octanol–water partition coefficient (Wildman–Crippen LogP) is 11.5. The maximum atomic E-state index is 12.1. The number of ketones is 2. The first-order valence-corrected chi connectivity index (χ1v) is 16.2. The van der Waals surface area contributed by atoms with Gasteiger partial charge < -0.3 is 0 Å². The Bertz CT molecular complexity index is 402. The quantitative estimate of drug-likeness (QED) is 0.0737. The monoisotopic (exact) mass is 492 g/mol. The second-order valence-electron chi connectivity index (χ2n) is 11.2. The van der Waals surface area contributed by atoms with E-state index in [4.69, 9.17) is 0 Å². The van der Waals surface area contributed by atoms with Gasteiger partial charge in [0.1, 0.15) is 11.6 Å². The Hall–Kier alpha value is -0.660. The lowest BCUT2D eigenvalue weighted by atomic mass is 10.0. The molecule has 0 fully saturated rings. The summed E-state index contributed by atoms with van der Waals surface area (Å²) in [5.41, 5.74) is 0. The molecule has 0 saturated carbocycles. The van der Waals surface area contributed by atoms with Gasteiger partial charge in [0, 0.05) is 12.8 Å². The fourth-order valence-corrected chi connectivity index (χ4v) is 5.08. The lowest BCUT2D eigenvalue weighted by Gasteiger charge is -2.04. The number of rotatable bonds is 30. The fourth-order valence-electron chi connectivity index (χ4n) is 5.08. The Morgan fingerprint density at radius 1 is 0.314 bits per heavy atom. The van der Waals surface area contributed by atoms with Gasteiger partial charge in [0.2, 0.25) is 0 Å². The van der Waals surface area contributed by atoms with Crippen LogP contribution in [0.2, 0.25) is 0 Å². The van der Waals surface area contributed by atoms with Crippen LogP contribution >= 0.6 is 0 Å². The van der Waals surface area contributed by atoms with Crippen molar-refractivity contribution in [3.05, 3.63) is 0 Å². The molecule has 0 unspecified atom stereocenters. The van der Waals surface area contributed by atoms with Crippen molar-refractivity contribution in [2.45, 2.75) is 200 Å². The molecule has 0 heterocycles. The molecule has 0 aromatic rings. The first-order valence-electron chi connectivity index (χ1n) is 16.2. The first kappa shape index (κ1) is 34.3. The summed E-state index contributed by atoms with van der Waals surface area (Å²) in [7, 11) is 0. The molecule has 2 nitrogen and oxygen atoms in total. The Kier molecular flexibility index (Phi) is 29.0. The summed E-state index contributed by atoms with van der Waals surface area (Å²) in [6.07, 6.45) is 35.8. The van der Waals surface area contributed by atoms with E-state index in [0.29, 0.717) is 12.8 Å². The number of carbonyl (C=O) groups is 2. The van der Waals surface area contributed by atoms with Crippen LogP contribution in [-0.4, -0.2) is 11.6 Å². The zero-order valence-electron chi connectivity index (χ0n) is 24.3. The summed E-state index contributed by atoms with van der Waals surface area (Å²) in [5, 5.41) is 0. The topological polar surface area (TPSA) is 34.1 Å². The minimum atomic E-state index is 0.174. The Labute approximate surface area is 221 Å². The van der Waals surface area contributed by atoms with Gasteiger partial charge in [-0.05, 0) is 12.8 Å². The van der Waals surface area contributed by atoms with E-state index in [1.165, 1.54) is 141 Å². The van der Waals surface area contributed by atoms with E-state index >= 15 is 0 Å². The molecule has 0 bridgehead atoms. The zero-order valence-corrected chi connectivity index (χ0v) is 24.3. The van der Waals surface area contributed by atoms with Crippen LogP contribution in [0.1, 0.15) is 200 Å².